The molecule has 8 atom stereocenters. The first-order valence-corrected chi connectivity index (χ1v) is 11.6. The number of hydrogen-bond acceptors (Lipinski definition) is 1. The fraction of sp³-hybridized carbons (Fsp3) is 0.958. The fourth-order valence-electron chi connectivity index (χ4n) is 8.82. The summed E-state index contributed by atoms with van der Waals surface area (Å²) >= 11 is 0. The maximum atomic E-state index is 11.0. The number of rotatable bonds is 4. The van der Waals surface area contributed by atoms with Crippen molar-refractivity contribution in [3.8, 4) is 0 Å². The van der Waals surface area contributed by atoms with E-state index in [0.717, 1.165) is 36.0 Å². The molecule has 0 heterocycles. The lowest BCUT2D eigenvalue weighted by atomic mass is 9.44. The summed E-state index contributed by atoms with van der Waals surface area (Å²) < 4.78 is 0. The molecule has 1 N–H and O–H groups in total. The van der Waals surface area contributed by atoms with Crippen molar-refractivity contribution >= 4 is 5.97 Å². The predicted molar refractivity (Wildman–Crippen MR) is 106 cm³/mol. The minimum absolute atomic E-state index is 0.351. The van der Waals surface area contributed by atoms with Crippen molar-refractivity contribution in [1.82, 2.24) is 0 Å². The predicted octanol–water partition coefficient (Wildman–Crippen LogP) is 6.54. The molecular formula is C24H40O2. The van der Waals surface area contributed by atoms with Crippen LogP contribution in [0.4, 0.5) is 0 Å². The van der Waals surface area contributed by atoms with Crippen LogP contribution in [0.5, 0.6) is 0 Å². The van der Waals surface area contributed by atoms with Gasteiger partial charge in [0.1, 0.15) is 0 Å². The Hall–Kier alpha value is -0.530. The molecule has 0 aromatic rings. The number of hydrogen-bond donors (Lipinski definition) is 1. The Kier molecular flexibility index (Phi) is 4.93. The monoisotopic (exact) mass is 360 g/mol. The quantitative estimate of drug-likeness (QED) is 0.618. The van der Waals surface area contributed by atoms with Crippen LogP contribution in [0.15, 0.2) is 0 Å². The van der Waals surface area contributed by atoms with E-state index in [1.807, 2.05) is 0 Å². The number of carboxylic acid groups (broad SMARTS) is 1. The maximum Gasteiger partial charge on any atom is 0.303 e. The summed E-state index contributed by atoms with van der Waals surface area (Å²) in [6, 6.07) is 0. The normalized spacial score (nSPS) is 49.0. The van der Waals surface area contributed by atoms with Crippen LogP contribution < -0.4 is 0 Å². The highest BCUT2D eigenvalue weighted by Gasteiger charge is 2.60. The Bertz CT molecular complexity index is 542. The summed E-state index contributed by atoms with van der Waals surface area (Å²) in [5, 5.41) is 9.09. The first kappa shape index (κ1) is 18.8. The molecule has 0 unspecified atom stereocenters. The van der Waals surface area contributed by atoms with Crippen molar-refractivity contribution < 1.29 is 9.90 Å². The summed E-state index contributed by atoms with van der Waals surface area (Å²) in [6.45, 7) is 7.60. The van der Waals surface area contributed by atoms with Crippen molar-refractivity contribution in [1.29, 1.82) is 0 Å². The van der Waals surface area contributed by atoms with Crippen LogP contribution in [-0.4, -0.2) is 11.1 Å². The zero-order valence-electron chi connectivity index (χ0n) is 17.3. The van der Waals surface area contributed by atoms with Crippen molar-refractivity contribution in [2.45, 2.75) is 97.8 Å². The highest BCUT2D eigenvalue weighted by molar-refractivity contribution is 5.66. The van der Waals surface area contributed by atoms with E-state index in [1.165, 1.54) is 64.2 Å². The minimum Gasteiger partial charge on any atom is -0.481 e. The molecule has 4 aliphatic carbocycles. The van der Waals surface area contributed by atoms with Gasteiger partial charge in [0.05, 0.1) is 0 Å². The third-order valence-electron chi connectivity index (χ3n) is 10.2. The van der Waals surface area contributed by atoms with Gasteiger partial charge in [-0.1, -0.05) is 33.6 Å². The van der Waals surface area contributed by atoms with E-state index in [-0.39, 0.29) is 0 Å². The van der Waals surface area contributed by atoms with Crippen LogP contribution in [0.25, 0.3) is 0 Å². The van der Waals surface area contributed by atoms with E-state index < -0.39 is 5.97 Å². The zero-order valence-corrected chi connectivity index (χ0v) is 17.3. The van der Waals surface area contributed by atoms with Crippen molar-refractivity contribution in [2.24, 2.45) is 46.3 Å². The van der Waals surface area contributed by atoms with E-state index >= 15 is 0 Å². The second kappa shape index (κ2) is 6.82. The van der Waals surface area contributed by atoms with Crippen LogP contribution >= 0.6 is 0 Å². The van der Waals surface area contributed by atoms with E-state index in [2.05, 4.69) is 20.8 Å². The fourth-order valence-corrected chi connectivity index (χ4v) is 8.82. The van der Waals surface area contributed by atoms with Gasteiger partial charge in [-0.2, -0.15) is 0 Å². The highest BCUT2D eigenvalue weighted by atomic mass is 16.4. The zero-order chi connectivity index (χ0) is 18.5. The molecule has 0 aliphatic heterocycles. The second-order valence-corrected chi connectivity index (χ2v) is 11.0. The molecule has 26 heavy (non-hydrogen) atoms. The molecule has 0 aromatic carbocycles. The van der Waals surface area contributed by atoms with Gasteiger partial charge < -0.3 is 5.11 Å². The summed E-state index contributed by atoms with van der Waals surface area (Å²) in [6.07, 6.45) is 15.7. The summed E-state index contributed by atoms with van der Waals surface area (Å²) in [5.74, 6) is 4.57. The van der Waals surface area contributed by atoms with Gasteiger partial charge in [0.25, 0.3) is 0 Å². The molecular weight excluding hydrogens is 320 g/mol. The van der Waals surface area contributed by atoms with E-state index in [9.17, 15) is 4.79 Å². The Morgan fingerprint density at radius 2 is 1.73 bits per heavy atom. The highest BCUT2D eigenvalue weighted by Crippen LogP contribution is 2.68. The third-order valence-corrected chi connectivity index (χ3v) is 10.2. The largest absolute Gasteiger partial charge is 0.481 e. The van der Waals surface area contributed by atoms with Crippen molar-refractivity contribution in [2.75, 3.05) is 0 Å². The first-order chi connectivity index (χ1) is 12.4. The molecule has 0 saturated heterocycles. The maximum absolute atomic E-state index is 11.0. The molecule has 4 fully saturated rings. The molecule has 4 rings (SSSR count). The van der Waals surface area contributed by atoms with Gasteiger partial charge in [0, 0.05) is 6.42 Å². The van der Waals surface area contributed by atoms with Crippen molar-refractivity contribution in [3.05, 3.63) is 0 Å². The molecule has 4 saturated carbocycles. The molecule has 0 amide bonds. The van der Waals surface area contributed by atoms with E-state index in [1.54, 1.807) is 0 Å². The number of carboxylic acids is 1. The molecule has 0 bridgehead atoms. The Morgan fingerprint density at radius 1 is 0.962 bits per heavy atom. The SMILES string of the molecule is C[C@@H](CCC(=O)O)[C@H]1CC[C@H]2[C@@H]3CC[C@H]4CCCC[C@]4(C)[C@H]3CC[C@]12C. The summed E-state index contributed by atoms with van der Waals surface area (Å²) in [5.41, 5.74) is 1.12. The lowest BCUT2D eigenvalue weighted by molar-refractivity contribution is -0.137. The topological polar surface area (TPSA) is 37.3 Å². The van der Waals surface area contributed by atoms with Gasteiger partial charge in [0.2, 0.25) is 0 Å². The molecule has 148 valence electrons. The van der Waals surface area contributed by atoms with Crippen molar-refractivity contribution in [3.63, 3.8) is 0 Å². The second-order valence-electron chi connectivity index (χ2n) is 11.0. The summed E-state index contributed by atoms with van der Waals surface area (Å²) in [7, 11) is 0. The first-order valence-electron chi connectivity index (χ1n) is 11.6. The lowest BCUT2D eigenvalue weighted by Gasteiger charge is -2.61. The van der Waals surface area contributed by atoms with Gasteiger partial charge in [-0.25, -0.2) is 0 Å². The van der Waals surface area contributed by atoms with Gasteiger partial charge in [0.15, 0.2) is 0 Å². The molecule has 0 aromatic heterocycles. The van der Waals surface area contributed by atoms with Gasteiger partial charge in [-0.05, 0) is 104 Å². The van der Waals surface area contributed by atoms with E-state index in [4.69, 9.17) is 5.11 Å². The van der Waals surface area contributed by atoms with Crippen LogP contribution in [0.3, 0.4) is 0 Å². The standard InChI is InChI=1S/C24H40O2/c1-16(7-12-22(25)26)19-10-11-20-18-9-8-17-6-4-5-14-23(17,2)21(18)13-15-24(19,20)3/h16-21H,4-15H2,1-3H3,(H,25,26)/t16-,17+,18-,19+,20-,21-,23-,24+/m0/s1. The molecule has 0 radical (unpaired) electrons. The minimum atomic E-state index is -0.621. The number of carbonyl (C=O) groups is 1. The number of fused-ring (bicyclic) bond motifs is 5. The third kappa shape index (κ3) is 2.85. The average Bonchev–Trinajstić information content (AvgIpc) is 2.96. The van der Waals surface area contributed by atoms with Crippen LogP contribution in [0, 0.1) is 46.3 Å². The molecule has 0 spiro atoms. The molecule has 2 heteroatoms. The number of aliphatic carboxylic acids is 1. The Labute approximate surface area is 160 Å². The van der Waals surface area contributed by atoms with E-state index in [0.29, 0.717) is 23.2 Å². The average molecular weight is 361 g/mol. The summed E-state index contributed by atoms with van der Waals surface area (Å²) in [4.78, 5) is 11.0. The molecule has 2 nitrogen and oxygen atoms in total. The van der Waals surface area contributed by atoms with Crippen LogP contribution in [0.2, 0.25) is 0 Å². The Balaban J connectivity index is 1.52. The molecule has 4 aliphatic rings. The van der Waals surface area contributed by atoms with Crippen LogP contribution in [0.1, 0.15) is 97.8 Å². The smallest absolute Gasteiger partial charge is 0.303 e. The Morgan fingerprint density at radius 3 is 2.50 bits per heavy atom. The van der Waals surface area contributed by atoms with Gasteiger partial charge in [-0.3, -0.25) is 4.79 Å². The van der Waals surface area contributed by atoms with Gasteiger partial charge in [-0.15, -0.1) is 0 Å². The van der Waals surface area contributed by atoms with Crippen LogP contribution in [-0.2, 0) is 4.79 Å². The lowest BCUT2D eigenvalue weighted by Crippen LogP contribution is -2.53. The van der Waals surface area contributed by atoms with Gasteiger partial charge >= 0.3 is 5.97 Å².